The van der Waals surface area contributed by atoms with Gasteiger partial charge in [0.15, 0.2) is 0 Å². The van der Waals surface area contributed by atoms with E-state index in [4.69, 9.17) is 0 Å². The van der Waals surface area contributed by atoms with Gasteiger partial charge >= 0.3 is 0 Å². The van der Waals surface area contributed by atoms with Gasteiger partial charge in [-0.3, -0.25) is 9.78 Å². The second kappa shape index (κ2) is 5.29. The minimum absolute atomic E-state index is 0.219. The molecule has 1 N–H and O–H groups in total. The van der Waals surface area contributed by atoms with Gasteiger partial charge in [-0.15, -0.1) is 0 Å². The quantitative estimate of drug-likeness (QED) is 0.870. The zero-order valence-corrected chi connectivity index (χ0v) is 11.4. The third kappa shape index (κ3) is 2.78. The SMILES string of the molecule is Cc1cccnc1CC(=O)N1CCC2CCC(C1)N2. The molecule has 2 unspecified atom stereocenters. The molecule has 2 saturated heterocycles. The van der Waals surface area contributed by atoms with E-state index in [9.17, 15) is 4.79 Å². The molecule has 2 fully saturated rings. The zero-order valence-electron chi connectivity index (χ0n) is 11.4. The molecule has 4 nitrogen and oxygen atoms in total. The molecule has 2 aliphatic rings. The fourth-order valence-electron chi connectivity index (χ4n) is 3.13. The maximum atomic E-state index is 12.4. The van der Waals surface area contributed by atoms with Gasteiger partial charge in [-0.1, -0.05) is 6.07 Å². The van der Waals surface area contributed by atoms with Crippen LogP contribution in [0.1, 0.15) is 30.5 Å². The highest BCUT2D eigenvalue weighted by molar-refractivity contribution is 5.78. The van der Waals surface area contributed by atoms with Crippen LogP contribution in [0.2, 0.25) is 0 Å². The number of aromatic nitrogens is 1. The van der Waals surface area contributed by atoms with Crippen LogP contribution in [0.4, 0.5) is 0 Å². The van der Waals surface area contributed by atoms with E-state index in [0.717, 1.165) is 30.8 Å². The summed E-state index contributed by atoms with van der Waals surface area (Å²) in [6.45, 7) is 3.77. The Kier molecular flexibility index (Phi) is 3.51. The number of hydrogen-bond acceptors (Lipinski definition) is 3. The number of aryl methyl sites for hydroxylation is 1. The molecule has 0 radical (unpaired) electrons. The fraction of sp³-hybridized carbons (Fsp3) is 0.600. The van der Waals surface area contributed by atoms with Crippen molar-refractivity contribution in [2.75, 3.05) is 13.1 Å². The number of carbonyl (C=O) groups excluding carboxylic acids is 1. The van der Waals surface area contributed by atoms with Crippen molar-refractivity contribution in [1.29, 1.82) is 0 Å². The number of likely N-dealkylation sites (tertiary alicyclic amines) is 1. The van der Waals surface area contributed by atoms with Crippen LogP contribution in [0.3, 0.4) is 0 Å². The lowest BCUT2D eigenvalue weighted by molar-refractivity contribution is -0.130. The topological polar surface area (TPSA) is 45.2 Å². The normalized spacial score (nSPS) is 26.3. The van der Waals surface area contributed by atoms with Gasteiger partial charge in [0.2, 0.25) is 5.91 Å². The molecule has 1 amide bonds. The summed E-state index contributed by atoms with van der Waals surface area (Å²) < 4.78 is 0. The van der Waals surface area contributed by atoms with Gasteiger partial charge in [-0.25, -0.2) is 0 Å². The van der Waals surface area contributed by atoms with E-state index in [1.807, 2.05) is 24.0 Å². The number of pyridine rings is 1. The van der Waals surface area contributed by atoms with Gasteiger partial charge in [-0.2, -0.15) is 0 Å². The minimum Gasteiger partial charge on any atom is -0.341 e. The Morgan fingerprint density at radius 1 is 1.42 bits per heavy atom. The highest BCUT2D eigenvalue weighted by atomic mass is 16.2. The Labute approximate surface area is 114 Å². The van der Waals surface area contributed by atoms with E-state index >= 15 is 0 Å². The van der Waals surface area contributed by atoms with Crippen LogP contribution >= 0.6 is 0 Å². The maximum absolute atomic E-state index is 12.4. The number of rotatable bonds is 2. The van der Waals surface area contributed by atoms with E-state index in [1.165, 1.54) is 12.8 Å². The largest absolute Gasteiger partial charge is 0.341 e. The van der Waals surface area contributed by atoms with E-state index in [2.05, 4.69) is 10.3 Å². The van der Waals surface area contributed by atoms with E-state index in [1.54, 1.807) is 6.20 Å². The molecular weight excluding hydrogens is 238 g/mol. The van der Waals surface area contributed by atoms with Crippen LogP contribution in [0.25, 0.3) is 0 Å². The van der Waals surface area contributed by atoms with Crippen LogP contribution in [-0.4, -0.2) is 41.0 Å². The summed E-state index contributed by atoms with van der Waals surface area (Å²) in [6.07, 6.45) is 5.76. The van der Waals surface area contributed by atoms with Gasteiger partial charge in [0.25, 0.3) is 0 Å². The molecule has 1 aromatic rings. The molecule has 0 aromatic carbocycles. The maximum Gasteiger partial charge on any atom is 0.228 e. The number of carbonyl (C=O) groups is 1. The molecule has 19 heavy (non-hydrogen) atoms. The van der Waals surface area contributed by atoms with Crippen molar-refractivity contribution in [3.63, 3.8) is 0 Å². The third-order valence-corrected chi connectivity index (χ3v) is 4.31. The fourth-order valence-corrected chi connectivity index (χ4v) is 3.13. The van der Waals surface area contributed by atoms with Crippen molar-refractivity contribution in [2.24, 2.45) is 0 Å². The van der Waals surface area contributed by atoms with Crippen molar-refractivity contribution in [3.05, 3.63) is 29.6 Å². The lowest BCUT2D eigenvalue weighted by Gasteiger charge is -2.24. The lowest BCUT2D eigenvalue weighted by atomic mass is 10.1. The van der Waals surface area contributed by atoms with Crippen molar-refractivity contribution in [2.45, 2.75) is 44.7 Å². The van der Waals surface area contributed by atoms with Crippen molar-refractivity contribution in [1.82, 2.24) is 15.2 Å². The van der Waals surface area contributed by atoms with E-state index < -0.39 is 0 Å². The number of nitrogens with zero attached hydrogens (tertiary/aromatic N) is 2. The lowest BCUT2D eigenvalue weighted by Crippen LogP contribution is -2.39. The molecule has 0 spiro atoms. The molecule has 0 aliphatic carbocycles. The van der Waals surface area contributed by atoms with Crippen LogP contribution in [0.5, 0.6) is 0 Å². The average molecular weight is 259 g/mol. The Hall–Kier alpha value is -1.42. The molecule has 3 heterocycles. The summed E-state index contributed by atoms with van der Waals surface area (Å²) in [5, 5.41) is 3.60. The van der Waals surface area contributed by atoms with Crippen molar-refractivity contribution in [3.8, 4) is 0 Å². The van der Waals surface area contributed by atoms with Gasteiger partial charge in [0.1, 0.15) is 0 Å². The third-order valence-electron chi connectivity index (χ3n) is 4.31. The Bertz CT molecular complexity index is 474. The molecule has 102 valence electrons. The van der Waals surface area contributed by atoms with E-state index in [0.29, 0.717) is 18.5 Å². The van der Waals surface area contributed by atoms with Gasteiger partial charge in [0, 0.05) is 31.4 Å². The minimum atomic E-state index is 0.219. The van der Waals surface area contributed by atoms with Gasteiger partial charge in [-0.05, 0) is 37.8 Å². The Morgan fingerprint density at radius 2 is 2.26 bits per heavy atom. The second-order valence-electron chi connectivity index (χ2n) is 5.71. The molecule has 3 rings (SSSR count). The standard InChI is InChI=1S/C15H21N3O/c1-11-3-2-7-16-14(11)9-15(19)18-8-6-12-4-5-13(10-18)17-12/h2-3,7,12-13,17H,4-6,8-10H2,1H3. The number of fused-ring (bicyclic) bond motifs is 2. The first-order valence-electron chi connectivity index (χ1n) is 7.16. The first-order chi connectivity index (χ1) is 9.22. The summed E-state index contributed by atoms with van der Waals surface area (Å²) in [4.78, 5) is 18.7. The smallest absolute Gasteiger partial charge is 0.228 e. The highest BCUT2D eigenvalue weighted by Crippen LogP contribution is 2.21. The summed E-state index contributed by atoms with van der Waals surface area (Å²) in [5.41, 5.74) is 2.01. The number of amides is 1. The second-order valence-corrected chi connectivity index (χ2v) is 5.71. The Balaban J connectivity index is 1.66. The first kappa shape index (κ1) is 12.6. The number of nitrogens with one attached hydrogen (secondary N) is 1. The van der Waals surface area contributed by atoms with Gasteiger partial charge in [0.05, 0.1) is 12.1 Å². The van der Waals surface area contributed by atoms with Crippen molar-refractivity contribution >= 4 is 5.91 Å². The van der Waals surface area contributed by atoms with Crippen LogP contribution in [-0.2, 0) is 11.2 Å². The van der Waals surface area contributed by atoms with Crippen molar-refractivity contribution < 1.29 is 4.79 Å². The molecule has 1 aromatic heterocycles. The average Bonchev–Trinajstić information content (AvgIpc) is 2.71. The van der Waals surface area contributed by atoms with Crippen LogP contribution < -0.4 is 5.32 Å². The summed E-state index contributed by atoms with van der Waals surface area (Å²) >= 11 is 0. The molecule has 2 atom stereocenters. The molecule has 4 heteroatoms. The van der Waals surface area contributed by atoms with Crippen LogP contribution in [0.15, 0.2) is 18.3 Å². The monoisotopic (exact) mass is 259 g/mol. The Morgan fingerprint density at radius 3 is 3.11 bits per heavy atom. The van der Waals surface area contributed by atoms with Crippen LogP contribution in [0, 0.1) is 6.92 Å². The summed E-state index contributed by atoms with van der Waals surface area (Å²) in [7, 11) is 0. The number of hydrogen-bond donors (Lipinski definition) is 1. The molecule has 2 bridgehead atoms. The predicted molar refractivity (Wildman–Crippen MR) is 73.8 cm³/mol. The first-order valence-corrected chi connectivity index (χ1v) is 7.16. The van der Waals surface area contributed by atoms with Gasteiger partial charge < -0.3 is 10.2 Å². The molecule has 2 aliphatic heterocycles. The predicted octanol–water partition coefficient (Wildman–Crippen LogP) is 1.29. The molecule has 0 saturated carbocycles. The summed E-state index contributed by atoms with van der Waals surface area (Å²) in [6, 6.07) is 5.06. The van der Waals surface area contributed by atoms with E-state index in [-0.39, 0.29) is 5.91 Å². The highest BCUT2D eigenvalue weighted by Gasteiger charge is 2.31. The molecular formula is C15H21N3O. The summed E-state index contributed by atoms with van der Waals surface area (Å²) in [5.74, 6) is 0.219. The zero-order chi connectivity index (χ0) is 13.2.